The van der Waals surface area contributed by atoms with E-state index in [9.17, 15) is 9.59 Å². The zero-order chi connectivity index (χ0) is 12.3. The average Bonchev–Trinajstić information content (AvgIpc) is 2.61. The molecule has 0 saturated carbocycles. The second-order valence-corrected chi connectivity index (χ2v) is 3.66. The predicted octanol–water partition coefficient (Wildman–Crippen LogP) is 0.918. The van der Waals surface area contributed by atoms with Crippen LogP contribution in [0.1, 0.15) is 29.7 Å². The maximum atomic E-state index is 11.8. The fourth-order valence-corrected chi connectivity index (χ4v) is 1.19. The number of aromatic nitrogens is 1. The molecule has 0 bridgehead atoms. The largest absolute Gasteiger partial charge is 0.481 e. The summed E-state index contributed by atoms with van der Waals surface area (Å²) in [6.45, 7) is 3.36. The Hall–Kier alpha value is -1.85. The minimum Gasteiger partial charge on any atom is -0.481 e. The molecule has 1 aromatic heterocycles. The van der Waals surface area contributed by atoms with Crippen molar-refractivity contribution in [3.05, 3.63) is 17.8 Å². The summed E-state index contributed by atoms with van der Waals surface area (Å²) in [6, 6.07) is -0.405. The summed E-state index contributed by atoms with van der Waals surface area (Å²) < 4.78 is 4.95. The van der Waals surface area contributed by atoms with Gasteiger partial charge in [0.05, 0.1) is 12.1 Å². The molecule has 0 fully saturated rings. The maximum absolute atomic E-state index is 11.8. The molecule has 1 rings (SSSR count). The number of carbonyl (C=O) groups is 2. The Morgan fingerprint density at radius 2 is 2.25 bits per heavy atom. The van der Waals surface area contributed by atoms with Gasteiger partial charge in [-0.2, -0.15) is 0 Å². The SMILES string of the molecule is Cc1coc(C(=O)N(C)C(C)CC(=O)O)n1. The summed E-state index contributed by atoms with van der Waals surface area (Å²) in [6.07, 6.45) is 1.27. The number of nitrogens with zero attached hydrogens (tertiary/aromatic N) is 2. The molecule has 0 aliphatic heterocycles. The lowest BCUT2D eigenvalue weighted by Crippen LogP contribution is -2.36. The molecule has 1 heterocycles. The van der Waals surface area contributed by atoms with Crippen LogP contribution in [-0.4, -0.2) is 40.0 Å². The van der Waals surface area contributed by atoms with Crippen molar-refractivity contribution in [1.29, 1.82) is 0 Å². The quantitative estimate of drug-likeness (QED) is 0.825. The molecule has 0 spiro atoms. The number of amides is 1. The molecule has 1 unspecified atom stereocenters. The van der Waals surface area contributed by atoms with Crippen LogP contribution in [0.25, 0.3) is 0 Å². The molecule has 16 heavy (non-hydrogen) atoms. The molecule has 0 aliphatic rings. The van der Waals surface area contributed by atoms with E-state index in [0.29, 0.717) is 5.69 Å². The van der Waals surface area contributed by atoms with Crippen LogP contribution in [0.3, 0.4) is 0 Å². The van der Waals surface area contributed by atoms with E-state index in [1.165, 1.54) is 18.2 Å². The number of carboxylic acids is 1. The molecule has 1 atom stereocenters. The van der Waals surface area contributed by atoms with Crippen LogP contribution in [0.4, 0.5) is 0 Å². The molecule has 0 saturated heterocycles. The molecule has 1 N–H and O–H groups in total. The third kappa shape index (κ3) is 2.82. The van der Waals surface area contributed by atoms with Crippen LogP contribution in [0.5, 0.6) is 0 Å². The highest BCUT2D eigenvalue weighted by Crippen LogP contribution is 2.08. The monoisotopic (exact) mass is 226 g/mol. The first kappa shape index (κ1) is 12.2. The van der Waals surface area contributed by atoms with Crippen molar-refractivity contribution >= 4 is 11.9 Å². The zero-order valence-electron chi connectivity index (χ0n) is 9.43. The Balaban J connectivity index is 2.70. The molecule has 88 valence electrons. The topological polar surface area (TPSA) is 83.6 Å². The summed E-state index contributed by atoms with van der Waals surface area (Å²) in [4.78, 5) is 27.5. The van der Waals surface area contributed by atoms with Crippen molar-refractivity contribution in [2.24, 2.45) is 0 Å². The van der Waals surface area contributed by atoms with Crippen LogP contribution >= 0.6 is 0 Å². The molecule has 0 radical (unpaired) electrons. The van der Waals surface area contributed by atoms with Crippen LogP contribution in [0.15, 0.2) is 10.7 Å². The Morgan fingerprint density at radius 3 is 2.69 bits per heavy atom. The molecule has 6 heteroatoms. The first-order valence-corrected chi connectivity index (χ1v) is 4.83. The van der Waals surface area contributed by atoms with E-state index >= 15 is 0 Å². The van der Waals surface area contributed by atoms with Gasteiger partial charge in [0.25, 0.3) is 5.89 Å². The van der Waals surface area contributed by atoms with Gasteiger partial charge >= 0.3 is 11.9 Å². The van der Waals surface area contributed by atoms with Gasteiger partial charge < -0.3 is 14.4 Å². The number of aryl methyl sites for hydroxylation is 1. The molecule has 0 aromatic carbocycles. The maximum Gasteiger partial charge on any atom is 0.309 e. The molecule has 6 nitrogen and oxygen atoms in total. The second kappa shape index (κ2) is 4.78. The third-order valence-electron chi connectivity index (χ3n) is 2.25. The third-order valence-corrected chi connectivity index (χ3v) is 2.25. The van der Waals surface area contributed by atoms with E-state index in [1.807, 2.05) is 0 Å². The number of carboxylic acid groups (broad SMARTS) is 1. The van der Waals surface area contributed by atoms with Crippen molar-refractivity contribution in [3.63, 3.8) is 0 Å². The van der Waals surface area contributed by atoms with Gasteiger partial charge in [0, 0.05) is 13.1 Å². The van der Waals surface area contributed by atoms with Crippen molar-refractivity contribution < 1.29 is 19.1 Å². The van der Waals surface area contributed by atoms with Gasteiger partial charge in [-0.1, -0.05) is 0 Å². The van der Waals surface area contributed by atoms with Crippen LogP contribution in [0.2, 0.25) is 0 Å². The zero-order valence-corrected chi connectivity index (χ0v) is 9.43. The first-order chi connectivity index (χ1) is 7.41. The average molecular weight is 226 g/mol. The van der Waals surface area contributed by atoms with E-state index in [-0.39, 0.29) is 12.3 Å². The normalized spacial score (nSPS) is 12.2. The minimum absolute atomic E-state index is 0.0164. The predicted molar refractivity (Wildman–Crippen MR) is 55.0 cm³/mol. The Morgan fingerprint density at radius 1 is 1.62 bits per heavy atom. The lowest BCUT2D eigenvalue weighted by molar-refractivity contribution is -0.137. The number of carbonyl (C=O) groups excluding carboxylic acids is 1. The van der Waals surface area contributed by atoms with Gasteiger partial charge in [-0.15, -0.1) is 0 Å². The van der Waals surface area contributed by atoms with Crippen molar-refractivity contribution in [1.82, 2.24) is 9.88 Å². The number of aliphatic carboxylic acids is 1. The smallest absolute Gasteiger partial charge is 0.309 e. The number of rotatable bonds is 4. The second-order valence-electron chi connectivity index (χ2n) is 3.66. The summed E-state index contributed by atoms with van der Waals surface area (Å²) >= 11 is 0. The van der Waals surface area contributed by atoms with Crippen LogP contribution < -0.4 is 0 Å². The Bertz CT molecular complexity index is 399. The summed E-state index contributed by atoms with van der Waals surface area (Å²) in [5, 5.41) is 8.61. The summed E-state index contributed by atoms with van der Waals surface area (Å²) in [5.41, 5.74) is 0.614. The molecular formula is C10H14N2O4. The minimum atomic E-state index is -0.948. The van der Waals surface area contributed by atoms with Crippen LogP contribution in [-0.2, 0) is 4.79 Å². The Kier molecular flexibility index (Phi) is 3.65. The number of hydrogen-bond donors (Lipinski definition) is 1. The molecular weight excluding hydrogens is 212 g/mol. The van der Waals surface area contributed by atoms with Gasteiger partial charge in [0.15, 0.2) is 0 Å². The van der Waals surface area contributed by atoms with Gasteiger partial charge in [0.2, 0.25) is 0 Å². The fourth-order valence-electron chi connectivity index (χ4n) is 1.19. The highest BCUT2D eigenvalue weighted by molar-refractivity contribution is 5.90. The van der Waals surface area contributed by atoms with Gasteiger partial charge in [-0.05, 0) is 13.8 Å². The first-order valence-electron chi connectivity index (χ1n) is 4.83. The van der Waals surface area contributed by atoms with E-state index < -0.39 is 17.9 Å². The van der Waals surface area contributed by atoms with E-state index in [1.54, 1.807) is 13.8 Å². The van der Waals surface area contributed by atoms with E-state index in [4.69, 9.17) is 9.52 Å². The van der Waals surface area contributed by atoms with E-state index in [0.717, 1.165) is 0 Å². The van der Waals surface area contributed by atoms with Crippen LogP contribution in [0, 0.1) is 6.92 Å². The van der Waals surface area contributed by atoms with Gasteiger partial charge in [-0.25, -0.2) is 4.98 Å². The number of hydrogen-bond acceptors (Lipinski definition) is 4. The van der Waals surface area contributed by atoms with Gasteiger partial charge in [-0.3, -0.25) is 9.59 Å². The molecule has 0 aliphatic carbocycles. The summed E-state index contributed by atoms with van der Waals surface area (Å²) in [5.74, 6) is -1.38. The molecule has 1 amide bonds. The van der Waals surface area contributed by atoms with Crippen molar-refractivity contribution in [3.8, 4) is 0 Å². The lowest BCUT2D eigenvalue weighted by atomic mass is 10.2. The molecule has 1 aromatic rings. The van der Waals surface area contributed by atoms with Crippen molar-refractivity contribution in [2.75, 3.05) is 7.05 Å². The number of oxazole rings is 1. The van der Waals surface area contributed by atoms with E-state index in [2.05, 4.69) is 4.98 Å². The summed E-state index contributed by atoms with van der Waals surface area (Å²) in [7, 11) is 1.52. The highest BCUT2D eigenvalue weighted by Gasteiger charge is 2.23. The van der Waals surface area contributed by atoms with Gasteiger partial charge in [0.1, 0.15) is 6.26 Å². The van der Waals surface area contributed by atoms with Crippen molar-refractivity contribution in [2.45, 2.75) is 26.3 Å². The standard InChI is InChI=1S/C10H14N2O4/c1-6-5-16-9(11-6)10(15)12(3)7(2)4-8(13)14/h5,7H,4H2,1-3H3,(H,13,14). The highest BCUT2D eigenvalue weighted by atomic mass is 16.4. The Labute approximate surface area is 92.9 Å². The fraction of sp³-hybridized carbons (Fsp3) is 0.500. The lowest BCUT2D eigenvalue weighted by Gasteiger charge is -2.21.